The van der Waals surface area contributed by atoms with Gasteiger partial charge in [-0.25, -0.2) is 4.79 Å². The van der Waals surface area contributed by atoms with E-state index in [9.17, 15) is 9.59 Å². The van der Waals surface area contributed by atoms with Crippen LogP contribution < -0.4 is 0 Å². The minimum Gasteiger partial charge on any atom is -0.481 e. The zero-order valence-electron chi connectivity index (χ0n) is 10.8. The summed E-state index contributed by atoms with van der Waals surface area (Å²) in [7, 11) is 1.77. The number of ether oxygens (including phenoxy) is 1. The van der Waals surface area contributed by atoms with E-state index in [1.807, 2.05) is 6.92 Å². The minimum atomic E-state index is -0.814. The zero-order valence-corrected chi connectivity index (χ0v) is 10.8. The summed E-state index contributed by atoms with van der Waals surface area (Å²) in [5, 5.41) is 8.93. The number of carbonyl (C=O) groups excluding carboxylic acids is 1. The smallest absolute Gasteiger partial charge is 0.320 e. The van der Waals surface area contributed by atoms with Crippen LogP contribution in [0.15, 0.2) is 0 Å². The van der Waals surface area contributed by atoms with Crippen molar-refractivity contribution in [3.8, 4) is 0 Å². The first-order valence-electron chi connectivity index (χ1n) is 6.37. The van der Waals surface area contributed by atoms with Crippen molar-refractivity contribution >= 4 is 12.0 Å². The molecule has 2 heterocycles. The Morgan fingerprint density at radius 2 is 2.11 bits per heavy atom. The molecule has 2 aliphatic heterocycles. The first kappa shape index (κ1) is 13.1. The number of amides is 2. The van der Waals surface area contributed by atoms with Crippen LogP contribution in [0.1, 0.15) is 19.8 Å². The third-order valence-corrected chi connectivity index (χ3v) is 3.94. The van der Waals surface area contributed by atoms with Crippen molar-refractivity contribution in [3.63, 3.8) is 0 Å². The summed E-state index contributed by atoms with van der Waals surface area (Å²) in [4.78, 5) is 26.5. The number of hydrogen-bond donors (Lipinski definition) is 1. The Morgan fingerprint density at radius 1 is 1.39 bits per heavy atom. The van der Waals surface area contributed by atoms with Gasteiger partial charge in [0.1, 0.15) is 0 Å². The Hall–Kier alpha value is -1.30. The number of hydrogen-bond acceptors (Lipinski definition) is 3. The molecule has 0 spiro atoms. The first-order chi connectivity index (χ1) is 8.50. The van der Waals surface area contributed by atoms with Gasteiger partial charge < -0.3 is 19.6 Å². The van der Waals surface area contributed by atoms with Crippen LogP contribution in [0.3, 0.4) is 0 Å². The highest BCUT2D eigenvalue weighted by atomic mass is 16.5. The fourth-order valence-electron chi connectivity index (χ4n) is 2.73. The second kappa shape index (κ2) is 5.14. The third-order valence-electron chi connectivity index (χ3n) is 3.94. The van der Waals surface area contributed by atoms with Crippen LogP contribution in [-0.2, 0) is 9.53 Å². The number of carbonyl (C=O) groups is 2. The highest BCUT2D eigenvalue weighted by molar-refractivity contribution is 5.77. The number of likely N-dealkylation sites (tertiary alicyclic amines) is 1. The summed E-state index contributed by atoms with van der Waals surface area (Å²) in [5.74, 6) is -1.23. The number of urea groups is 1. The van der Waals surface area contributed by atoms with E-state index in [0.717, 1.165) is 6.42 Å². The molecule has 2 rings (SSSR count). The van der Waals surface area contributed by atoms with Gasteiger partial charge in [-0.2, -0.15) is 0 Å². The van der Waals surface area contributed by atoms with Gasteiger partial charge in [0.25, 0.3) is 0 Å². The molecule has 3 unspecified atom stereocenters. The molecule has 18 heavy (non-hydrogen) atoms. The van der Waals surface area contributed by atoms with Crippen molar-refractivity contribution in [2.45, 2.75) is 31.9 Å². The molecule has 6 heteroatoms. The number of rotatable bonds is 2. The van der Waals surface area contributed by atoms with Crippen molar-refractivity contribution in [2.75, 3.05) is 26.7 Å². The highest BCUT2D eigenvalue weighted by Crippen LogP contribution is 2.22. The van der Waals surface area contributed by atoms with E-state index in [0.29, 0.717) is 26.1 Å². The molecule has 2 saturated heterocycles. The summed E-state index contributed by atoms with van der Waals surface area (Å²) in [5.41, 5.74) is 0. The van der Waals surface area contributed by atoms with Crippen LogP contribution in [0, 0.1) is 5.92 Å². The lowest BCUT2D eigenvalue weighted by atomic mass is 10.1. The van der Waals surface area contributed by atoms with Crippen LogP contribution in [0.25, 0.3) is 0 Å². The monoisotopic (exact) mass is 256 g/mol. The predicted octanol–water partition coefficient (Wildman–Crippen LogP) is 0.622. The number of carboxylic acids is 1. The molecule has 0 radical (unpaired) electrons. The molecule has 3 atom stereocenters. The standard InChI is InChI=1S/C12H20N2O4/c1-8-10(4-6-18-8)13(2)12(17)14-5-3-9(7-14)11(15)16/h8-10H,3-7H2,1-2H3,(H,15,16). The molecular formula is C12H20N2O4. The lowest BCUT2D eigenvalue weighted by molar-refractivity contribution is -0.141. The molecule has 0 bridgehead atoms. The van der Waals surface area contributed by atoms with Crippen molar-refractivity contribution in [2.24, 2.45) is 5.92 Å². The molecule has 2 fully saturated rings. The summed E-state index contributed by atoms with van der Waals surface area (Å²) in [6.45, 7) is 3.50. The van der Waals surface area contributed by atoms with Gasteiger partial charge in [-0.15, -0.1) is 0 Å². The number of likely N-dealkylation sites (N-methyl/N-ethyl adjacent to an activating group) is 1. The van der Waals surface area contributed by atoms with Gasteiger partial charge in [-0.05, 0) is 19.8 Å². The van der Waals surface area contributed by atoms with E-state index >= 15 is 0 Å². The fourth-order valence-corrected chi connectivity index (χ4v) is 2.73. The maximum atomic E-state index is 12.2. The average Bonchev–Trinajstić information content (AvgIpc) is 2.95. The van der Waals surface area contributed by atoms with Gasteiger partial charge in [0.2, 0.25) is 0 Å². The van der Waals surface area contributed by atoms with Crippen LogP contribution in [0.4, 0.5) is 4.79 Å². The van der Waals surface area contributed by atoms with Gasteiger partial charge >= 0.3 is 12.0 Å². The van der Waals surface area contributed by atoms with Crippen LogP contribution in [0.2, 0.25) is 0 Å². The van der Waals surface area contributed by atoms with Gasteiger partial charge in [0.15, 0.2) is 0 Å². The topological polar surface area (TPSA) is 70.1 Å². The van der Waals surface area contributed by atoms with Gasteiger partial charge in [0, 0.05) is 26.7 Å². The van der Waals surface area contributed by atoms with E-state index in [-0.39, 0.29) is 18.2 Å². The minimum absolute atomic E-state index is 0.0526. The molecule has 6 nitrogen and oxygen atoms in total. The lowest BCUT2D eigenvalue weighted by Gasteiger charge is -2.30. The Labute approximate surface area is 106 Å². The molecule has 0 aromatic carbocycles. The second-order valence-corrected chi connectivity index (χ2v) is 5.10. The zero-order chi connectivity index (χ0) is 13.3. The molecule has 1 N–H and O–H groups in total. The summed E-state index contributed by atoms with van der Waals surface area (Å²) < 4.78 is 5.45. The summed E-state index contributed by atoms with van der Waals surface area (Å²) in [6.07, 6.45) is 1.45. The molecule has 102 valence electrons. The largest absolute Gasteiger partial charge is 0.481 e. The third kappa shape index (κ3) is 2.43. The van der Waals surface area contributed by atoms with E-state index in [2.05, 4.69) is 0 Å². The van der Waals surface area contributed by atoms with Crippen molar-refractivity contribution in [3.05, 3.63) is 0 Å². The summed E-state index contributed by atoms with van der Waals surface area (Å²) in [6, 6.07) is 0.0162. The molecule has 2 amide bonds. The number of nitrogens with zero attached hydrogens (tertiary/aromatic N) is 2. The van der Waals surface area contributed by atoms with Gasteiger partial charge in [0.05, 0.1) is 18.1 Å². The lowest BCUT2D eigenvalue weighted by Crippen LogP contribution is -2.47. The number of aliphatic carboxylic acids is 1. The normalized spacial score (nSPS) is 31.7. The van der Waals surface area contributed by atoms with Gasteiger partial charge in [-0.1, -0.05) is 0 Å². The van der Waals surface area contributed by atoms with E-state index in [1.165, 1.54) is 0 Å². The Morgan fingerprint density at radius 3 is 2.61 bits per heavy atom. The molecule has 0 saturated carbocycles. The van der Waals surface area contributed by atoms with E-state index in [1.54, 1.807) is 16.8 Å². The van der Waals surface area contributed by atoms with Crippen LogP contribution >= 0.6 is 0 Å². The molecule has 0 aliphatic carbocycles. The maximum absolute atomic E-state index is 12.2. The second-order valence-electron chi connectivity index (χ2n) is 5.10. The SMILES string of the molecule is CC1OCCC1N(C)C(=O)N1CCC(C(=O)O)C1. The Kier molecular flexibility index (Phi) is 3.75. The van der Waals surface area contributed by atoms with Crippen molar-refractivity contribution in [1.29, 1.82) is 0 Å². The Bertz CT molecular complexity index is 347. The molecular weight excluding hydrogens is 236 g/mol. The summed E-state index contributed by atoms with van der Waals surface area (Å²) >= 11 is 0. The van der Waals surface area contributed by atoms with Gasteiger partial charge in [-0.3, -0.25) is 4.79 Å². The predicted molar refractivity (Wildman–Crippen MR) is 64.3 cm³/mol. The maximum Gasteiger partial charge on any atom is 0.320 e. The van der Waals surface area contributed by atoms with E-state index in [4.69, 9.17) is 9.84 Å². The average molecular weight is 256 g/mol. The van der Waals surface area contributed by atoms with Crippen LogP contribution in [-0.4, -0.2) is 65.8 Å². The Balaban J connectivity index is 1.93. The molecule has 2 aliphatic rings. The van der Waals surface area contributed by atoms with Crippen LogP contribution in [0.5, 0.6) is 0 Å². The number of carboxylic acid groups (broad SMARTS) is 1. The van der Waals surface area contributed by atoms with E-state index < -0.39 is 11.9 Å². The quantitative estimate of drug-likeness (QED) is 0.786. The van der Waals surface area contributed by atoms with Crippen molar-refractivity contribution in [1.82, 2.24) is 9.80 Å². The molecule has 0 aromatic rings. The first-order valence-corrected chi connectivity index (χ1v) is 6.37. The molecule has 0 aromatic heterocycles. The van der Waals surface area contributed by atoms with Crippen molar-refractivity contribution < 1.29 is 19.4 Å². The highest BCUT2D eigenvalue weighted by Gasteiger charge is 2.36. The fraction of sp³-hybridized carbons (Fsp3) is 0.833.